The predicted molar refractivity (Wildman–Crippen MR) is 75.5 cm³/mol. The zero-order valence-electron chi connectivity index (χ0n) is 11.3. The lowest BCUT2D eigenvalue weighted by molar-refractivity contribution is -0.119. The Labute approximate surface area is 118 Å². The first kappa shape index (κ1) is 14.1. The Morgan fingerprint density at radius 2 is 2.26 bits per heavy atom. The first-order valence-corrected chi connectivity index (χ1v) is 6.99. The molecule has 1 amide bonds. The van der Waals surface area contributed by atoms with Crippen LogP contribution in [0.1, 0.15) is 31.7 Å². The summed E-state index contributed by atoms with van der Waals surface area (Å²) in [5.74, 6) is 0.773. The maximum Gasteiger partial charge on any atom is 0.239 e. The van der Waals surface area contributed by atoms with E-state index in [0.29, 0.717) is 17.7 Å². The summed E-state index contributed by atoms with van der Waals surface area (Å²) in [6.45, 7) is 2.37. The molecule has 1 aliphatic rings. The number of nitrogens with zero attached hydrogens (tertiary/aromatic N) is 3. The third-order valence-electron chi connectivity index (χ3n) is 3.05. The molecule has 1 N–H and O–H groups in total. The van der Waals surface area contributed by atoms with Crippen LogP contribution in [-0.4, -0.2) is 35.5 Å². The van der Waals surface area contributed by atoms with Crippen molar-refractivity contribution in [2.24, 2.45) is 0 Å². The Balaban J connectivity index is 2.06. The van der Waals surface area contributed by atoms with E-state index >= 15 is 0 Å². The van der Waals surface area contributed by atoms with Crippen molar-refractivity contribution < 1.29 is 4.79 Å². The molecule has 104 valence electrons. The van der Waals surface area contributed by atoms with Crippen LogP contribution in [0, 0.1) is 0 Å². The fraction of sp³-hybridized carbons (Fsp3) is 0.615. The molecule has 0 radical (unpaired) electrons. The molecule has 0 saturated heterocycles. The zero-order chi connectivity index (χ0) is 13.8. The number of anilines is 1. The minimum atomic E-state index is 0.0298. The van der Waals surface area contributed by atoms with E-state index in [-0.39, 0.29) is 5.91 Å². The lowest BCUT2D eigenvalue weighted by atomic mass is 10.2. The number of carbonyl (C=O) groups is 1. The van der Waals surface area contributed by atoms with Gasteiger partial charge in [-0.15, -0.1) is 0 Å². The topological polar surface area (TPSA) is 58.1 Å². The molecule has 1 heterocycles. The molecule has 19 heavy (non-hydrogen) atoms. The normalized spacial score (nSPS) is 14.3. The third kappa shape index (κ3) is 3.80. The van der Waals surface area contributed by atoms with Gasteiger partial charge in [-0.25, -0.2) is 9.97 Å². The van der Waals surface area contributed by atoms with Crippen LogP contribution >= 0.6 is 11.6 Å². The van der Waals surface area contributed by atoms with E-state index in [1.165, 1.54) is 6.33 Å². The van der Waals surface area contributed by atoms with Crippen molar-refractivity contribution in [2.45, 2.75) is 38.6 Å². The number of nitrogens with one attached hydrogen (secondary N) is 1. The highest BCUT2D eigenvalue weighted by Crippen LogP contribution is 2.24. The van der Waals surface area contributed by atoms with Crippen LogP contribution in [0.4, 0.5) is 5.82 Å². The molecule has 1 fully saturated rings. The molecule has 0 aromatic carbocycles. The second kappa shape index (κ2) is 6.19. The van der Waals surface area contributed by atoms with Crippen molar-refractivity contribution in [2.75, 3.05) is 18.5 Å². The molecule has 0 unspecified atom stereocenters. The van der Waals surface area contributed by atoms with Crippen molar-refractivity contribution in [1.82, 2.24) is 15.3 Å². The average Bonchev–Trinajstić information content (AvgIpc) is 3.15. The van der Waals surface area contributed by atoms with Crippen molar-refractivity contribution in [3.63, 3.8) is 0 Å². The van der Waals surface area contributed by atoms with Crippen molar-refractivity contribution in [1.29, 1.82) is 0 Å². The lowest BCUT2D eigenvalue weighted by Gasteiger charge is -2.20. The molecule has 1 aromatic heterocycles. The fourth-order valence-electron chi connectivity index (χ4n) is 1.97. The summed E-state index contributed by atoms with van der Waals surface area (Å²) in [6.07, 6.45) is 5.39. The van der Waals surface area contributed by atoms with Gasteiger partial charge in [0.25, 0.3) is 0 Å². The Morgan fingerprint density at radius 1 is 1.53 bits per heavy atom. The smallest absolute Gasteiger partial charge is 0.239 e. The molecule has 5 nitrogen and oxygen atoms in total. The number of carbonyl (C=O) groups excluding carboxylic acids is 1. The Bertz CT molecular complexity index is 462. The molecule has 0 bridgehead atoms. The van der Waals surface area contributed by atoms with E-state index in [9.17, 15) is 4.79 Å². The summed E-state index contributed by atoms with van der Waals surface area (Å²) in [7, 11) is 1.85. The maximum absolute atomic E-state index is 11.8. The molecule has 1 aromatic rings. The maximum atomic E-state index is 11.8. The fourth-order valence-corrected chi connectivity index (χ4v) is 2.19. The zero-order valence-corrected chi connectivity index (χ0v) is 12.1. The van der Waals surface area contributed by atoms with Crippen molar-refractivity contribution in [3.8, 4) is 0 Å². The molecule has 0 spiro atoms. The second-order valence-electron chi connectivity index (χ2n) is 4.91. The molecule has 0 atom stereocenters. The van der Waals surface area contributed by atoms with Crippen LogP contribution in [0.15, 0.2) is 6.33 Å². The first-order valence-electron chi connectivity index (χ1n) is 6.61. The summed E-state index contributed by atoms with van der Waals surface area (Å²) >= 11 is 6.10. The van der Waals surface area contributed by atoms with Crippen LogP contribution in [0.2, 0.25) is 5.15 Å². The SMILES string of the molecule is CCCc1c(Cl)ncnc1N(C)CC(=O)NC1CC1. The highest BCUT2D eigenvalue weighted by Gasteiger charge is 2.24. The number of rotatable bonds is 6. The second-order valence-corrected chi connectivity index (χ2v) is 5.27. The quantitative estimate of drug-likeness (QED) is 0.809. The molecule has 1 aliphatic carbocycles. The standard InChI is InChI=1S/C13H19ClN4O/c1-3-4-10-12(14)15-8-16-13(10)18(2)7-11(19)17-9-5-6-9/h8-9H,3-7H2,1-2H3,(H,17,19). The summed E-state index contributed by atoms with van der Waals surface area (Å²) in [5, 5.41) is 3.44. The van der Waals surface area contributed by atoms with Gasteiger partial charge >= 0.3 is 0 Å². The highest BCUT2D eigenvalue weighted by molar-refractivity contribution is 6.30. The summed E-state index contributed by atoms with van der Waals surface area (Å²) in [4.78, 5) is 21.9. The minimum Gasteiger partial charge on any atom is -0.352 e. The van der Waals surface area contributed by atoms with Crippen LogP contribution < -0.4 is 10.2 Å². The van der Waals surface area contributed by atoms with Crippen molar-refractivity contribution in [3.05, 3.63) is 17.0 Å². The molecule has 6 heteroatoms. The number of halogens is 1. The molecule has 0 aliphatic heterocycles. The van der Waals surface area contributed by atoms with Gasteiger partial charge < -0.3 is 10.2 Å². The third-order valence-corrected chi connectivity index (χ3v) is 3.38. The van der Waals surface area contributed by atoms with E-state index < -0.39 is 0 Å². The monoisotopic (exact) mass is 282 g/mol. The number of hydrogen-bond donors (Lipinski definition) is 1. The van der Waals surface area contributed by atoms with Crippen LogP contribution in [0.25, 0.3) is 0 Å². The lowest BCUT2D eigenvalue weighted by Crippen LogP contribution is -2.37. The average molecular weight is 283 g/mol. The molecule has 1 saturated carbocycles. The van der Waals surface area contributed by atoms with Gasteiger partial charge in [0.05, 0.1) is 6.54 Å². The Kier molecular flexibility index (Phi) is 4.58. The summed E-state index contributed by atoms with van der Waals surface area (Å²) in [6, 6.07) is 0.380. The molecular weight excluding hydrogens is 264 g/mol. The van der Waals surface area contributed by atoms with Gasteiger partial charge in [0, 0.05) is 18.7 Å². The first-order chi connectivity index (χ1) is 9.11. The highest BCUT2D eigenvalue weighted by atomic mass is 35.5. The van der Waals surface area contributed by atoms with Crippen molar-refractivity contribution >= 4 is 23.3 Å². The van der Waals surface area contributed by atoms with Gasteiger partial charge in [-0.05, 0) is 19.3 Å². The van der Waals surface area contributed by atoms with E-state index in [2.05, 4.69) is 22.2 Å². The van der Waals surface area contributed by atoms with Gasteiger partial charge in [-0.2, -0.15) is 0 Å². The number of likely N-dealkylation sites (N-methyl/N-ethyl adjacent to an activating group) is 1. The van der Waals surface area contributed by atoms with Crippen LogP contribution in [0.5, 0.6) is 0 Å². The van der Waals surface area contributed by atoms with Gasteiger partial charge in [-0.1, -0.05) is 24.9 Å². The number of hydrogen-bond acceptors (Lipinski definition) is 4. The van der Waals surface area contributed by atoms with Gasteiger partial charge in [0.2, 0.25) is 5.91 Å². The van der Waals surface area contributed by atoms with Crippen LogP contribution in [-0.2, 0) is 11.2 Å². The van der Waals surface area contributed by atoms with Gasteiger partial charge in [0.15, 0.2) is 0 Å². The van der Waals surface area contributed by atoms with Crippen LogP contribution in [0.3, 0.4) is 0 Å². The Hall–Kier alpha value is -1.36. The number of aromatic nitrogens is 2. The summed E-state index contributed by atoms with van der Waals surface area (Å²) in [5.41, 5.74) is 0.911. The molecular formula is C13H19ClN4O. The van der Waals surface area contributed by atoms with E-state index in [0.717, 1.165) is 37.1 Å². The number of amides is 1. The van der Waals surface area contributed by atoms with E-state index in [1.807, 2.05) is 11.9 Å². The van der Waals surface area contributed by atoms with E-state index in [1.54, 1.807) is 0 Å². The largest absolute Gasteiger partial charge is 0.352 e. The minimum absolute atomic E-state index is 0.0298. The van der Waals surface area contributed by atoms with Gasteiger partial charge in [0.1, 0.15) is 17.3 Å². The predicted octanol–water partition coefficient (Wildman–Crippen LogP) is 1.80. The molecule has 2 rings (SSSR count). The summed E-state index contributed by atoms with van der Waals surface area (Å²) < 4.78 is 0. The van der Waals surface area contributed by atoms with Gasteiger partial charge in [-0.3, -0.25) is 4.79 Å². The Morgan fingerprint density at radius 3 is 2.89 bits per heavy atom. The van der Waals surface area contributed by atoms with E-state index in [4.69, 9.17) is 11.6 Å².